The van der Waals surface area contributed by atoms with E-state index in [-0.39, 0.29) is 11.9 Å². The number of anilines is 1. The van der Waals surface area contributed by atoms with Gasteiger partial charge in [-0.3, -0.25) is 14.7 Å². The molecule has 3 aromatic rings. The Bertz CT molecular complexity index is 853. The third kappa shape index (κ3) is 3.40. The van der Waals surface area contributed by atoms with Crippen LogP contribution in [0, 0.1) is 0 Å². The summed E-state index contributed by atoms with van der Waals surface area (Å²) in [5, 5.41) is 6.62. The first-order valence-corrected chi connectivity index (χ1v) is 9.62. The van der Waals surface area contributed by atoms with Gasteiger partial charge in [0.05, 0.1) is 16.8 Å². The van der Waals surface area contributed by atoms with Gasteiger partial charge in [0.2, 0.25) is 0 Å². The number of pyridine rings is 1. The number of rotatable bonds is 4. The topological polar surface area (TPSA) is 54.3 Å². The number of amides is 1. The van der Waals surface area contributed by atoms with Crippen LogP contribution in [0.25, 0.3) is 5.69 Å². The van der Waals surface area contributed by atoms with Gasteiger partial charge in [-0.15, -0.1) is 16.4 Å². The number of aromatic nitrogens is 3. The summed E-state index contributed by atoms with van der Waals surface area (Å²) < 4.78 is 1.77. The van der Waals surface area contributed by atoms with Crippen molar-refractivity contribution >= 4 is 23.1 Å². The van der Waals surface area contributed by atoms with E-state index in [1.54, 1.807) is 17.1 Å². The van der Waals surface area contributed by atoms with Gasteiger partial charge in [-0.05, 0) is 56.6 Å². The molecule has 1 saturated heterocycles. The molecule has 0 radical (unpaired) electrons. The molecule has 1 amide bonds. The third-order valence-electron chi connectivity index (χ3n) is 4.74. The Hall–Kier alpha value is -2.51. The summed E-state index contributed by atoms with van der Waals surface area (Å²) in [7, 11) is 2.12. The Morgan fingerprint density at radius 2 is 2.08 bits per heavy atom. The van der Waals surface area contributed by atoms with Crippen molar-refractivity contribution in [3.63, 3.8) is 0 Å². The van der Waals surface area contributed by atoms with Gasteiger partial charge in [0, 0.05) is 24.5 Å². The van der Waals surface area contributed by atoms with Crippen molar-refractivity contribution in [3.05, 3.63) is 59.2 Å². The van der Waals surface area contributed by atoms with Crippen molar-refractivity contribution < 1.29 is 4.79 Å². The molecule has 0 bridgehead atoms. The van der Waals surface area contributed by atoms with E-state index in [2.05, 4.69) is 22.0 Å². The molecule has 6 nitrogen and oxygen atoms in total. The van der Waals surface area contributed by atoms with Crippen LogP contribution in [0.15, 0.2) is 54.3 Å². The minimum absolute atomic E-state index is 0.0333. The van der Waals surface area contributed by atoms with Crippen LogP contribution in [0.4, 0.5) is 5.82 Å². The first kappa shape index (κ1) is 16.9. The van der Waals surface area contributed by atoms with Crippen molar-refractivity contribution in [2.45, 2.75) is 18.9 Å². The zero-order valence-electron chi connectivity index (χ0n) is 14.7. The van der Waals surface area contributed by atoms with Crippen molar-refractivity contribution in [1.29, 1.82) is 0 Å². The maximum Gasteiger partial charge on any atom is 0.269 e. The number of nitrogens with zero attached hydrogens (tertiary/aromatic N) is 5. The molecule has 1 aliphatic heterocycles. The van der Waals surface area contributed by atoms with Crippen molar-refractivity contribution in [2.75, 3.05) is 25.0 Å². The van der Waals surface area contributed by atoms with E-state index in [4.69, 9.17) is 0 Å². The van der Waals surface area contributed by atoms with Gasteiger partial charge in [-0.2, -0.15) is 0 Å². The second kappa shape index (κ2) is 7.39. The fourth-order valence-corrected chi connectivity index (χ4v) is 3.96. The van der Waals surface area contributed by atoms with E-state index in [0.29, 0.717) is 5.82 Å². The fourth-order valence-electron chi connectivity index (χ4n) is 3.30. The molecule has 3 aromatic heterocycles. The molecular formula is C19H21N5OS. The highest BCUT2D eigenvalue weighted by molar-refractivity contribution is 7.12. The summed E-state index contributed by atoms with van der Waals surface area (Å²) in [5.74, 6) is 0.729. The molecule has 26 heavy (non-hydrogen) atoms. The van der Waals surface area contributed by atoms with Gasteiger partial charge in [0.15, 0.2) is 5.82 Å². The number of piperidine rings is 1. The number of hydrogen-bond donors (Lipinski definition) is 0. The lowest BCUT2D eigenvalue weighted by molar-refractivity contribution is 0.0966. The zero-order valence-corrected chi connectivity index (χ0v) is 15.5. The molecule has 0 saturated carbocycles. The van der Waals surface area contributed by atoms with E-state index < -0.39 is 0 Å². The number of hydrogen-bond acceptors (Lipinski definition) is 5. The Labute approximate surface area is 156 Å². The predicted octanol–water partition coefficient (Wildman–Crippen LogP) is 3.07. The minimum Gasteiger partial charge on any atom is -0.306 e. The largest absolute Gasteiger partial charge is 0.306 e. The Morgan fingerprint density at radius 3 is 2.77 bits per heavy atom. The van der Waals surface area contributed by atoms with Crippen LogP contribution >= 0.6 is 11.3 Å². The lowest BCUT2D eigenvalue weighted by Crippen LogP contribution is -2.47. The normalized spacial score (nSPS) is 15.9. The van der Waals surface area contributed by atoms with Crippen LogP contribution in [0.3, 0.4) is 0 Å². The van der Waals surface area contributed by atoms with Gasteiger partial charge < -0.3 is 4.90 Å². The average molecular weight is 367 g/mol. The highest BCUT2D eigenvalue weighted by Crippen LogP contribution is 2.26. The first-order valence-electron chi connectivity index (χ1n) is 8.74. The summed E-state index contributed by atoms with van der Waals surface area (Å²) >= 11 is 1.48. The summed E-state index contributed by atoms with van der Waals surface area (Å²) in [6.07, 6.45) is 7.29. The molecule has 1 aliphatic rings. The average Bonchev–Trinajstić information content (AvgIpc) is 3.36. The molecular weight excluding hydrogens is 346 g/mol. The quantitative estimate of drug-likeness (QED) is 0.711. The SMILES string of the molecule is CN1CCC(N(C(=O)c2cccs2)c2ccn(-c3cccnc3)n2)CC1. The number of carbonyl (C=O) groups is 1. The van der Waals surface area contributed by atoms with Crippen LogP contribution in [0.5, 0.6) is 0 Å². The maximum atomic E-state index is 13.2. The van der Waals surface area contributed by atoms with Gasteiger partial charge in [-0.25, -0.2) is 4.68 Å². The molecule has 7 heteroatoms. The van der Waals surface area contributed by atoms with Crippen LogP contribution < -0.4 is 4.90 Å². The van der Waals surface area contributed by atoms with Gasteiger partial charge in [0.25, 0.3) is 5.91 Å². The molecule has 134 valence electrons. The Kier molecular flexibility index (Phi) is 4.81. The molecule has 0 atom stereocenters. The number of likely N-dealkylation sites (tertiary alicyclic amines) is 1. The molecule has 0 N–H and O–H groups in total. The highest BCUT2D eigenvalue weighted by atomic mass is 32.1. The van der Waals surface area contributed by atoms with Gasteiger partial charge in [-0.1, -0.05) is 6.07 Å². The zero-order chi connectivity index (χ0) is 17.9. The van der Waals surface area contributed by atoms with E-state index in [1.165, 1.54) is 11.3 Å². The van der Waals surface area contributed by atoms with Gasteiger partial charge >= 0.3 is 0 Å². The summed E-state index contributed by atoms with van der Waals surface area (Å²) in [5.41, 5.74) is 0.880. The third-order valence-corrected chi connectivity index (χ3v) is 5.59. The van der Waals surface area contributed by atoms with Crippen molar-refractivity contribution in [2.24, 2.45) is 0 Å². The Morgan fingerprint density at radius 1 is 1.23 bits per heavy atom. The molecule has 0 spiro atoms. The number of carbonyl (C=O) groups excluding carboxylic acids is 1. The molecule has 0 aromatic carbocycles. The monoisotopic (exact) mass is 367 g/mol. The molecule has 4 rings (SSSR count). The summed E-state index contributed by atoms with van der Waals surface area (Å²) in [4.78, 5) is 22.3. The van der Waals surface area contributed by atoms with Crippen molar-refractivity contribution in [1.82, 2.24) is 19.7 Å². The van der Waals surface area contributed by atoms with Crippen molar-refractivity contribution in [3.8, 4) is 5.69 Å². The molecule has 4 heterocycles. The second-order valence-electron chi connectivity index (χ2n) is 6.52. The van der Waals surface area contributed by atoms with Crippen LogP contribution in [0.2, 0.25) is 0 Å². The highest BCUT2D eigenvalue weighted by Gasteiger charge is 2.31. The first-order chi connectivity index (χ1) is 12.7. The van der Waals surface area contributed by atoms with E-state index in [0.717, 1.165) is 36.5 Å². The van der Waals surface area contributed by atoms with E-state index >= 15 is 0 Å². The number of thiophene rings is 1. The lowest BCUT2D eigenvalue weighted by Gasteiger charge is -2.36. The van der Waals surface area contributed by atoms with E-state index in [9.17, 15) is 4.79 Å². The minimum atomic E-state index is 0.0333. The summed E-state index contributed by atoms with van der Waals surface area (Å²) in [6, 6.07) is 9.70. The van der Waals surface area contributed by atoms with E-state index in [1.807, 2.05) is 46.8 Å². The van der Waals surface area contributed by atoms with Crippen LogP contribution in [-0.2, 0) is 0 Å². The Balaban J connectivity index is 1.67. The molecule has 0 aliphatic carbocycles. The second-order valence-corrected chi connectivity index (χ2v) is 7.46. The smallest absolute Gasteiger partial charge is 0.269 e. The molecule has 1 fully saturated rings. The van der Waals surface area contributed by atoms with Crippen LogP contribution in [0.1, 0.15) is 22.5 Å². The molecule has 0 unspecified atom stereocenters. The standard InChI is InChI=1S/C19H21N5OS/c1-22-10-6-15(7-11-22)24(19(25)17-5-3-13-26-17)18-8-12-23(21-18)16-4-2-9-20-14-16/h2-5,8-9,12-15H,6-7,10-11H2,1H3. The fraction of sp³-hybridized carbons (Fsp3) is 0.316. The predicted molar refractivity (Wildman–Crippen MR) is 103 cm³/mol. The van der Waals surface area contributed by atoms with Crippen LogP contribution in [-0.4, -0.2) is 51.8 Å². The van der Waals surface area contributed by atoms with Gasteiger partial charge in [0.1, 0.15) is 0 Å². The maximum absolute atomic E-state index is 13.2. The summed E-state index contributed by atoms with van der Waals surface area (Å²) in [6.45, 7) is 1.98. The lowest BCUT2D eigenvalue weighted by atomic mass is 10.0.